The molecule has 0 fully saturated rings. The average Bonchev–Trinajstić information content (AvgIpc) is 2.67. The maximum atomic E-state index is 12.8. The SMILES string of the molecule is CSc1ccc([C@H]2CC(=O)Nc3nc(-c4ccccc4)[nH]c(=O)c32)cc1. The van der Waals surface area contributed by atoms with Gasteiger partial charge in [-0.3, -0.25) is 9.59 Å². The van der Waals surface area contributed by atoms with E-state index in [9.17, 15) is 9.59 Å². The fourth-order valence-corrected chi connectivity index (χ4v) is 3.63. The Balaban J connectivity index is 1.82. The van der Waals surface area contributed by atoms with Gasteiger partial charge in [-0.15, -0.1) is 11.8 Å². The van der Waals surface area contributed by atoms with E-state index in [0.29, 0.717) is 17.2 Å². The number of aromatic nitrogens is 2. The summed E-state index contributed by atoms with van der Waals surface area (Å²) in [5, 5.41) is 2.76. The molecular weight excluding hydrogens is 346 g/mol. The van der Waals surface area contributed by atoms with Crippen LogP contribution in [0.2, 0.25) is 0 Å². The number of anilines is 1. The molecule has 2 heterocycles. The zero-order valence-corrected chi connectivity index (χ0v) is 15.0. The smallest absolute Gasteiger partial charge is 0.257 e. The highest BCUT2D eigenvalue weighted by Crippen LogP contribution is 2.35. The molecule has 1 aliphatic heterocycles. The highest BCUT2D eigenvalue weighted by molar-refractivity contribution is 7.98. The number of aromatic amines is 1. The number of H-pyrrole nitrogens is 1. The summed E-state index contributed by atoms with van der Waals surface area (Å²) >= 11 is 1.65. The molecule has 0 aliphatic carbocycles. The van der Waals surface area contributed by atoms with Crippen molar-refractivity contribution in [1.29, 1.82) is 0 Å². The van der Waals surface area contributed by atoms with Crippen LogP contribution in [0, 0.1) is 0 Å². The highest BCUT2D eigenvalue weighted by atomic mass is 32.2. The van der Waals surface area contributed by atoms with Crippen molar-refractivity contribution in [1.82, 2.24) is 9.97 Å². The van der Waals surface area contributed by atoms with Gasteiger partial charge in [0, 0.05) is 22.8 Å². The minimum atomic E-state index is -0.296. The zero-order chi connectivity index (χ0) is 18.1. The van der Waals surface area contributed by atoms with Gasteiger partial charge in [-0.1, -0.05) is 42.5 Å². The van der Waals surface area contributed by atoms with Crippen LogP contribution >= 0.6 is 11.8 Å². The Morgan fingerprint density at radius 3 is 2.46 bits per heavy atom. The van der Waals surface area contributed by atoms with Crippen LogP contribution < -0.4 is 10.9 Å². The number of benzene rings is 2. The van der Waals surface area contributed by atoms with Crippen LogP contribution in [0.5, 0.6) is 0 Å². The molecule has 1 aromatic heterocycles. The first-order chi connectivity index (χ1) is 12.7. The highest BCUT2D eigenvalue weighted by Gasteiger charge is 2.30. The van der Waals surface area contributed by atoms with Gasteiger partial charge in [0.1, 0.15) is 11.6 Å². The van der Waals surface area contributed by atoms with Crippen LogP contribution in [0.15, 0.2) is 64.3 Å². The van der Waals surface area contributed by atoms with Crippen molar-refractivity contribution < 1.29 is 4.79 Å². The first kappa shape index (κ1) is 16.6. The molecule has 0 saturated heterocycles. The summed E-state index contributed by atoms with van der Waals surface area (Å²) in [6.07, 6.45) is 2.25. The third-order valence-corrected chi connectivity index (χ3v) is 5.26. The van der Waals surface area contributed by atoms with Gasteiger partial charge in [0.05, 0.1) is 5.56 Å². The second kappa shape index (κ2) is 6.80. The van der Waals surface area contributed by atoms with Crippen LogP contribution in [0.1, 0.15) is 23.5 Å². The molecule has 5 nitrogen and oxygen atoms in total. The minimum absolute atomic E-state index is 0.131. The number of nitrogens with one attached hydrogen (secondary N) is 2. The van der Waals surface area contributed by atoms with Crippen LogP contribution in [-0.4, -0.2) is 22.1 Å². The van der Waals surface area contributed by atoms with Crippen molar-refractivity contribution in [2.75, 3.05) is 11.6 Å². The maximum Gasteiger partial charge on any atom is 0.257 e. The fraction of sp³-hybridized carbons (Fsp3) is 0.150. The second-order valence-electron chi connectivity index (χ2n) is 6.12. The predicted molar refractivity (Wildman–Crippen MR) is 104 cm³/mol. The Kier molecular flexibility index (Phi) is 4.34. The van der Waals surface area contributed by atoms with Gasteiger partial charge < -0.3 is 10.3 Å². The molecule has 2 aromatic carbocycles. The first-order valence-corrected chi connectivity index (χ1v) is 9.51. The molecule has 2 N–H and O–H groups in total. The number of nitrogens with zero attached hydrogens (tertiary/aromatic N) is 1. The zero-order valence-electron chi connectivity index (χ0n) is 14.2. The summed E-state index contributed by atoms with van der Waals surface area (Å²) in [6, 6.07) is 17.4. The van der Waals surface area contributed by atoms with E-state index in [1.54, 1.807) is 11.8 Å². The van der Waals surface area contributed by atoms with Crippen LogP contribution in [-0.2, 0) is 4.79 Å². The van der Waals surface area contributed by atoms with Crippen LogP contribution in [0.3, 0.4) is 0 Å². The minimum Gasteiger partial charge on any atom is -0.310 e. The molecule has 26 heavy (non-hydrogen) atoms. The van der Waals surface area contributed by atoms with E-state index in [2.05, 4.69) is 15.3 Å². The maximum absolute atomic E-state index is 12.8. The second-order valence-corrected chi connectivity index (χ2v) is 7.00. The third-order valence-electron chi connectivity index (χ3n) is 4.52. The van der Waals surface area contributed by atoms with Crippen molar-refractivity contribution in [3.05, 3.63) is 76.1 Å². The van der Waals surface area contributed by atoms with E-state index in [0.717, 1.165) is 16.0 Å². The lowest BCUT2D eigenvalue weighted by molar-refractivity contribution is -0.116. The number of fused-ring (bicyclic) bond motifs is 1. The topological polar surface area (TPSA) is 74.8 Å². The summed E-state index contributed by atoms with van der Waals surface area (Å²) in [6.45, 7) is 0. The molecule has 6 heteroatoms. The Bertz CT molecular complexity index is 1010. The van der Waals surface area contributed by atoms with Crippen molar-refractivity contribution in [3.63, 3.8) is 0 Å². The molecule has 0 bridgehead atoms. The average molecular weight is 363 g/mol. The Hall–Kier alpha value is -2.86. The Morgan fingerprint density at radius 1 is 1.04 bits per heavy atom. The van der Waals surface area contributed by atoms with Crippen molar-refractivity contribution in [2.45, 2.75) is 17.2 Å². The lowest BCUT2D eigenvalue weighted by Crippen LogP contribution is -2.31. The number of hydrogen-bond donors (Lipinski definition) is 2. The number of hydrogen-bond acceptors (Lipinski definition) is 4. The van der Waals surface area contributed by atoms with Crippen LogP contribution in [0.25, 0.3) is 11.4 Å². The predicted octanol–water partition coefficient (Wildman–Crippen LogP) is 3.63. The van der Waals surface area contributed by atoms with E-state index >= 15 is 0 Å². The fourth-order valence-electron chi connectivity index (χ4n) is 3.22. The molecule has 0 saturated carbocycles. The van der Waals surface area contributed by atoms with Gasteiger partial charge in [0.2, 0.25) is 5.91 Å². The largest absolute Gasteiger partial charge is 0.310 e. The molecule has 3 aromatic rings. The van der Waals surface area contributed by atoms with Crippen molar-refractivity contribution in [2.24, 2.45) is 0 Å². The van der Waals surface area contributed by atoms with E-state index in [4.69, 9.17) is 0 Å². The van der Waals surface area contributed by atoms with Gasteiger partial charge in [0.15, 0.2) is 0 Å². The van der Waals surface area contributed by atoms with Crippen molar-refractivity contribution in [3.8, 4) is 11.4 Å². The first-order valence-electron chi connectivity index (χ1n) is 8.29. The third kappa shape index (κ3) is 3.04. The molecule has 4 rings (SSSR count). The van der Waals surface area contributed by atoms with E-state index in [1.807, 2.05) is 60.9 Å². The molecule has 0 spiro atoms. The summed E-state index contributed by atoms with van der Waals surface area (Å²) in [5.74, 6) is 0.375. The number of amides is 1. The Morgan fingerprint density at radius 2 is 1.77 bits per heavy atom. The molecule has 1 aliphatic rings. The summed E-state index contributed by atoms with van der Waals surface area (Å²) in [7, 11) is 0. The number of carbonyl (C=O) groups is 1. The van der Waals surface area contributed by atoms with Crippen molar-refractivity contribution >= 4 is 23.5 Å². The van der Waals surface area contributed by atoms with Gasteiger partial charge in [-0.25, -0.2) is 4.98 Å². The number of thioether (sulfide) groups is 1. The molecule has 1 amide bonds. The summed E-state index contributed by atoms with van der Waals surface area (Å²) in [4.78, 5) is 33.6. The molecular formula is C20H17N3O2S. The lowest BCUT2D eigenvalue weighted by Gasteiger charge is -2.24. The molecule has 1 atom stereocenters. The summed E-state index contributed by atoms with van der Waals surface area (Å²) < 4.78 is 0. The molecule has 0 radical (unpaired) electrons. The molecule has 130 valence electrons. The number of carbonyl (C=O) groups excluding carboxylic acids is 1. The van der Waals surface area contributed by atoms with Gasteiger partial charge in [-0.05, 0) is 24.0 Å². The lowest BCUT2D eigenvalue weighted by atomic mass is 9.87. The van der Waals surface area contributed by atoms with Gasteiger partial charge in [-0.2, -0.15) is 0 Å². The van der Waals surface area contributed by atoms with Gasteiger partial charge >= 0.3 is 0 Å². The number of rotatable bonds is 3. The van der Waals surface area contributed by atoms with Crippen LogP contribution in [0.4, 0.5) is 5.82 Å². The van der Waals surface area contributed by atoms with Gasteiger partial charge in [0.25, 0.3) is 5.56 Å². The summed E-state index contributed by atoms with van der Waals surface area (Å²) in [5.41, 5.74) is 2.04. The quantitative estimate of drug-likeness (QED) is 0.697. The normalized spacial score (nSPS) is 16.0. The van der Waals surface area contributed by atoms with E-state index < -0.39 is 0 Å². The monoisotopic (exact) mass is 363 g/mol. The van der Waals surface area contributed by atoms with E-state index in [1.165, 1.54) is 0 Å². The Labute approximate surface area is 154 Å². The standard InChI is InChI=1S/C20H17N3O2S/c1-26-14-9-7-12(8-10-14)15-11-16(24)21-19-17(15)20(25)23-18(22-19)13-5-3-2-4-6-13/h2-10,15H,11H2,1H3,(H2,21,22,23,24,25)/t15-/m1/s1. The molecule has 0 unspecified atom stereocenters. The van der Waals surface area contributed by atoms with E-state index in [-0.39, 0.29) is 23.8 Å².